The van der Waals surface area contributed by atoms with Crippen molar-refractivity contribution in [1.29, 1.82) is 0 Å². The SMILES string of the molecule is CCCNC(=O)C1CCCN(C(=O)c2ccc(Oc3ccc(Br)cc3)nc2)C1. The van der Waals surface area contributed by atoms with Crippen LogP contribution in [0.5, 0.6) is 11.6 Å². The lowest BCUT2D eigenvalue weighted by Crippen LogP contribution is -2.45. The molecule has 28 heavy (non-hydrogen) atoms. The van der Waals surface area contributed by atoms with Gasteiger partial charge in [0.25, 0.3) is 5.91 Å². The molecule has 1 N–H and O–H groups in total. The molecule has 1 unspecified atom stereocenters. The molecule has 1 atom stereocenters. The zero-order chi connectivity index (χ0) is 19.9. The van der Waals surface area contributed by atoms with Crippen molar-refractivity contribution in [3.8, 4) is 11.6 Å². The summed E-state index contributed by atoms with van der Waals surface area (Å²) in [5, 5.41) is 2.93. The molecule has 2 amide bonds. The van der Waals surface area contributed by atoms with Crippen molar-refractivity contribution < 1.29 is 14.3 Å². The first-order valence-electron chi connectivity index (χ1n) is 9.53. The van der Waals surface area contributed by atoms with Crippen LogP contribution >= 0.6 is 15.9 Å². The molecular weight excluding hydrogens is 422 g/mol. The summed E-state index contributed by atoms with van der Waals surface area (Å²) in [6.07, 6.45) is 4.07. The molecule has 0 radical (unpaired) electrons. The smallest absolute Gasteiger partial charge is 0.255 e. The third-order valence-electron chi connectivity index (χ3n) is 4.65. The summed E-state index contributed by atoms with van der Waals surface area (Å²) in [5.74, 6) is 0.893. The van der Waals surface area contributed by atoms with Crippen molar-refractivity contribution in [2.24, 2.45) is 5.92 Å². The molecule has 1 aromatic carbocycles. The van der Waals surface area contributed by atoms with Crippen molar-refractivity contribution in [2.75, 3.05) is 19.6 Å². The van der Waals surface area contributed by atoms with Crippen LogP contribution in [-0.4, -0.2) is 41.3 Å². The Hall–Kier alpha value is -2.41. The van der Waals surface area contributed by atoms with Gasteiger partial charge in [-0.25, -0.2) is 4.98 Å². The number of piperidine rings is 1. The van der Waals surface area contributed by atoms with Gasteiger partial charge in [-0.3, -0.25) is 9.59 Å². The summed E-state index contributed by atoms with van der Waals surface area (Å²) in [5.41, 5.74) is 0.498. The molecule has 2 heterocycles. The van der Waals surface area contributed by atoms with Crippen LogP contribution in [0.4, 0.5) is 0 Å². The summed E-state index contributed by atoms with van der Waals surface area (Å²) in [4.78, 5) is 31.0. The maximum atomic E-state index is 12.8. The molecule has 0 spiro atoms. The van der Waals surface area contributed by atoms with Gasteiger partial charge in [0.2, 0.25) is 11.8 Å². The van der Waals surface area contributed by atoms with Crippen LogP contribution in [-0.2, 0) is 4.79 Å². The molecule has 3 rings (SSSR count). The third-order valence-corrected chi connectivity index (χ3v) is 5.18. The minimum absolute atomic E-state index is 0.0377. The Balaban J connectivity index is 1.60. The number of hydrogen-bond donors (Lipinski definition) is 1. The van der Waals surface area contributed by atoms with Crippen LogP contribution in [0.2, 0.25) is 0 Å². The highest BCUT2D eigenvalue weighted by Crippen LogP contribution is 2.23. The van der Waals surface area contributed by atoms with Gasteiger partial charge in [0.15, 0.2) is 0 Å². The van der Waals surface area contributed by atoms with Gasteiger partial charge in [-0.2, -0.15) is 0 Å². The molecule has 1 aliphatic rings. The van der Waals surface area contributed by atoms with Crippen LogP contribution in [0.1, 0.15) is 36.5 Å². The van der Waals surface area contributed by atoms with Gasteiger partial charge in [0.05, 0.1) is 11.5 Å². The zero-order valence-corrected chi connectivity index (χ0v) is 17.4. The molecule has 0 bridgehead atoms. The lowest BCUT2D eigenvalue weighted by molar-refractivity contribution is -0.126. The fraction of sp³-hybridized carbons (Fsp3) is 0.381. The fourth-order valence-corrected chi connectivity index (χ4v) is 3.41. The number of nitrogens with zero attached hydrogens (tertiary/aromatic N) is 2. The Kier molecular flexibility index (Phi) is 7.03. The van der Waals surface area contributed by atoms with E-state index in [-0.39, 0.29) is 17.7 Å². The maximum Gasteiger partial charge on any atom is 0.255 e. The van der Waals surface area contributed by atoms with Crippen molar-refractivity contribution in [1.82, 2.24) is 15.2 Å². The van der Waals surface area contributed by atoms with Gasteiger partial charge in [-0.15, -0.1) is 0 Å². The van der Waals surface area contributed by atoms with Gasteiger partial charge in [-0.1, -0.05) is 22.9 Å². The van der Waals surface area contributed by atoms with E-state index in [1.54, 1.807) is 17.0 Å². The molecule has 0 aliphatic carbocycles. The molecular formula is C21H24BrN3O3. The number of hydrogen-bond acceptors (Lipinski definition) is 4. The first-order chi connectivity index (χ1) is 13.6. The topological polar surface area (TPSA) is 71.5 Å². The van der Waals surface area contributed by atoms with Gasteiger partial charge in [0.1, 0.15) is 5.75 Å². The molecule has 2 aromatic rings. The monoisotopic (exact) mass is 445 g/mol. The summed E-state index contributed by atoms with van der Waals surface area (Å²) in [6.45, 7) is 3.81. The lowest BCUT2D eigenvalue weighted by Gasteiger charge is -2.32. The number of halogens is 1. The van der Waals surface area contributed by atoms with E-state index in [9.17, 15) is 9.59 Å². The highest BCUT2D eigenvalue weighted by atomic mass is 79.9. The van der Waals surface area contributed by atoms with Gasteiger partial charge >= 0.3 is 0 Å². The minimum Gasteiger partial charge on any atom is -0.439 e. The molecule has 1 saturated heterocycles. The van der Waals surface area contributed by atoms with Crippen LogP contribution in [0.15, 0.2) is 47.1 Å². The average Bonchev–Trinajstić information content (AvgIpc) is 2.74. The summed E-state index contributed by atoms with van der Waals surface area (Å²) in [7, 11) is 0. The molecule has 148 valence electrons. The van der Waals surface area contributed by atoms with Crippen LogP contribution in [0.25, 0.3) is 0 Å². The highest BCUT2D eigenvalue weighted by Gasteiger charge is 2.28. The summed E-state index contributed by atoms with van der Waals surface area (Å²) >= 11 is 3.38. The first-order valence-corrected chi connectivity index (χ1v) is 10.3. The van der Waals surface area contributed by atoms with E-state index in [2.05, 4.69) is 26.2 Å². The second-order valence-electron chi connectivity index (χ2n) is 6.82. The predicted molar refractivity (Wildman–Crippen MR) is 110 cm³/mol. The van der Waals surface area contributed by atoms with Crippen LogP contribution in [0, 0.1) is 5.92 Å². The Morgan fingerprint density at radius 2 is 2.04 bits per heavy atom. The van der Waals surface area contributed by atoms with Crippen molar-refractivity contribution >= 4 is 27.7 Å². The predicted octanol–water partition coefficient (Wildman–Crippen LogP) is 4.01. The minimum atomic E-state index is -0.141. The van der Waals surface area contributed by atoms with Crippen molar-refractivity contribution in [2.45, 2.75) is 26.2 Å². The van der Waals surface area contributed by atoms with E-state index >= 15 is 0 Å². The van der Waals surface area contributed by atoms with Gasteiger partial charge in [-0.05, 0) is 49.6 Å². The summed E-state index contributed by atoms with van der Waals surface area (Å²) in [6, 6.07) is 10.8. The number of carbonyl (C=O) groups excluding carboxylic acids is 2. The number of rotatable bonds is 6. The maximum absolute atomic E-state index is 12.8. The number of nitrogens with one attached hydrogen (secondary N) is 1. The molecule has 1 aromatic heterocycles. The van der Waals surface area contributed by atoms with Crippen LogP contribution in [0.3, 0.4) is 0 Å². The molecule has 1 fully saturated rings. The lowest BCUT2D eigenvalue weighted by atomic mass is 9.96. The van der Waals surface area contributed by atoms with Crippen molar-refractivity contribution in [3.63, 3.8) is 0 Å². The van der Waals surface area contributed by atoms with Gasteiger partial charge < -0.3 is 15.0 Å². The Labute approximate surface area is 173 Å². The normalized spacial score (nSPS) is 16.5. The number of benzene rings is 1. The summed E-state index contributed by atoms with van der Waals surface area (Å²) < 4.78 is 6.66. The second-order valence-corrected chi connectivity index (χ2v) is 7.74. The molecule has 0 saturated carbocycles. The average molecular weight is 446 g/mol. The number of pyridine rings is 1. The number of likely N-dealkylation sites (tertiary alicyclic amines) is 1. The van der Waals surface area contributed by atoms with E-state index in [4.69, 9.17) is 4.74 Å². The standard InChI is InChI=1S/C21H24BrN3O3/c1-2-11-23-20(26)16-4-3-12-25(14-16)21(27)15-5-10-19(24-13-15)28-18-8-6-17(22)7-9-18/h5-10,13,16H,2-4,11-12,14H2,1H3,(H,23,26). The Morgan fingerprint density at radius 3 is 2.71 bits per heavy atom. The highest BCUT2D eigenvalue weighted by molar-refractivity contribution is 9.10. The van der Waals surface area contributed by atoms with E-state index in [1.165, 1.54) is 6.20 Å². The van der Waals surface area contributed by atoms with E-state index in [0.717, 1.165) is 23.7 Å². The van der Waals surface area contributed by atoms with Crippen LogP contribution < -0.4 is 10.1 Å². The van der Waals surface area contributed by atoms with Crippen molar-refractivity contribution in [3.05, 3.63) is 52.6 Å². The van der Waals surface area contributed by atoms with E-state index in [0.29, 0.717) is 36.8 Å². The van der Waals surface area contributed by atoms with E-state index < -0.39 is 0 Å². The quantitative estimate of drug-likeness (QED) is 0.728. The number of aromatic nitrogens is 1. The Morgan fingerprint density at radius 1 is 1.25 bits per heavy atom. The number of amides is 2. The fourth-order valence-electron chi connectivity index (χ4n) is 3.14. The molecule has 1 aliphatic heterocycles. The van der Waals surface area contributed by atoms with E-state index in [1.807, 2.05) is 31.2 Å². The van der Waals surface area contributed by atoms with Gasteiger partial charge in [0, 0.05) is 36.4 Å². The number of ether oxygens (including phenoxy) is 1. The first kappa shape index (κ1) is 20.3. The largest absolute Gasteiger partial charge is 0.439 e. The molecule has 6 nitrogen and oxygen atoms in total. The third kappa shape index (κ3) is 5.32. The molecule has 7 heteroatoms. The number of carbonyl (C=O) groups is 2. The zero-order valence-electron chi connectivity index (χ0n) is 15.9. The second kappa shape index (κ2) is 9.68. The Bertz CT molecular complexity index is 809.